The summed E-state index contributed by atoms with van der Waals surface area (Å²) in [4.78, 5) is 28.9. The van der Waals surface area contributed by atoms with Gasteiger partial charge in [-0.2, -0.15) is 0 Å². The SMILES string of the molecule is O=C(c1cccc(F)c1)N1CCSC12C(=O)N(Cc1ccccc1F)c1ccc(Cl)cc12. The molecule has 1 unspecified atom stereocenters. The van der Waals surface area contributed by atoms with Crippen LogP contribution < -0.4 is 4.90 Å². The van der Waals surface area contributed by atoms with Crippen LogP contribution in [0.15, 0.2) is 66.7 Å². The molecule has 3 aromatic rings. The van der Waals surface area contributed by atoms with Crippen molar-refractivity contribution in [2.75, 3.05) is 17.2 Å². The van der Waals surface area contributed by atoms with E-state index in [2.05, 4.69) is 0 Å². The van der Waals surface area contributed by atoms with Crippen LogP contribution in [-0.2, 0) is 16.2 Å². The van der Waals surface area contributed by atoms with E-state index in [0.29, 0.717) is 34.1 Å². The fraction of sp³-hybridized carbons (Fsp3) is 0.167. The predicted octanol–water partition coefficient (Wildman–Crippen LogP) is 5.21. The van der Waals surface area contributed by atoms with Crippen molar-refractivity contribution in [3.8, 4) is 0 Å². The zero-order valence-electron chi connectivity index (χ0n) is 16.7. The van der Waals surface area contributed by atoms with E-state index in [1.165, 1.54) is 45.8 Å². The summed E-state index contributed by atoms with van der Waals surface area (Å²) in [5.41, 5.74) is 1.69. The summed E-state index contributed by atoms with van der Waals surface area (Å²) in [6.45, 7) is 0.329. The van der Waals surface area contributed by atoms with Crippen LogP contribution >= 0.6 is 23.4 Å². The van der Waals surface area contributed by atoms with Crippen molar-refractivity contribution in [1.82, 2.24) is 4.90 Å². The van der Waals surface area contributed by atoms with E-state index in [-0.39, 0.29) is 18.0 Å². The molecule has 5 rings (SSSR count). The normalized spacial score (nSPS) is 19.7. The van der Waals surface area contributed by atoms with E-state index in [0.717, 1.165) is 6.07 Å². The van der Waals surface area contributed by atoms with Gasteiger partial charge in [-0.1, -0.05) is 35.9 Å². The smallest absolute Gasteiger partial charge is 0.268 e. The van der Waals surface area contributed by atoms with E-state index in [9.17, 15) is 18.4 Å². The van der Waals surface area contributed by atoms with Crippen molar-refractivity contribution in [3.63, 3.8) is 0 Å². The molecule has 0 radical (unpaired) electrons. The van der Waals surface area contributed by atoms with Gasteiger partial charge in [-0.3, -0.25) is 9.59 Å². The molecule has 0 saturated carbocycles. The maximum Gasteiger partial charge on any atom is 0.268 e. The molecule has 0 aromatic heterocycles. The van der Waals surface area contributed by atoms with Gasteiger partial charge in [0.25, 0.3) is 11.8 Å². The standard InChI is InChI=1S/C24H17ClF2N2O2S/c25-17-8-9-21-19(13-17)24(23(31)28(21)14-16-4-1-2-7-20(16)27)29(10-11-32-24)22(30)15-5-3-6-18(26)12-15/h1-9,12-13H,10-11,14H2. The van der Waals surface area contributed by atoms with E-state index in [4.69, 9.17) is 11.6 Å². The number of carbonyl (C=O) groups excluding carboxylic acids is 2. The van der Waals surface area contributed by atoms with Crippen LogP contribution in [0.2, 0.25) is 5.02 Å². The third kappa shape index (κ3) is 3.19. The first-order valence-corrected chi connectivity index (χ1v) is 11.3. The molecular formula is C24H17ClF2N2O2S. The van der Waals surface area contributed by atoms with Gasteiger partial charge in [0.1, 0.15) is 11.6 Å². The van der Waals surface area contributed by atoms with Crippen LogP contribution in [0, 0.1) is 11.6 Å². The van der Waals surface area contributed by atoms with Gasteiger partial charge in [0.2, 0.25) is 0 Å². The Bertz CT molecular complexity index is 1250. The number of thioether (sulfide) groups is 1. The van der Waals surface area contributed by atoms with Crippen LogP contribution in [0.1, 0.15) is 21.5 Å². The van der Waals surface area contributed by atoms with Gasteiger partial charge in [-0.05, 0) is 42.5 Å². The Balaban J connectivity index is 1.61. The molecule has 1 saturated heterocycles. The monoisotopic (exact) mass is 470 g/mol. The van der Waals surface area contributed by atoms with Gasteiger partial charge in [0.15, 0.2) is 4.87 Å². The number of amides is 2. The summed E-state index contributed by atoms with van der Waals surface area (Å²) in [5, 5.41) is 0.425. The van der Waals surface area contributed by atoms with Crippen LogP contribution in [0.25, 0.3) is 0 Å². The summed E-state index contributed by atoms with van der Waals surface area (Å²) in [6, 6.07) is 16.7. The summed E-state index contributed by atoms with van der Waals surface area (Å²) < 4.78 is 28.2. The van der Waals surface area contributed by atoms with E-state index >= 15 is 0 Å². The fourth-order valence-electron chi connectivity index (χ4n) is 4.32. The lowest BCUT2D eigenvalue weighted by molar-refractivity contribution is -0.123. The Morgan fingerprint density at radius 3 is 2.66 bits per heavy atom. The van der Waals surface area contributed by atoms with E-state index < -0.39 is 22.4 Å². The molecule has 4 nitrogen and oxygen atoms in total. The van der Waals surface area contributed by atoms with Gasteiger partial charge >= 0.3 is 0 Å². The summed E-state index contributed by atoms with van der Waals surface area (Å²) in [6.07, 6.45) is 0. The zero-order chi connectivity index (χ0) is 22.5. The molecule has 0 aliphatic carbocycles. The molecule has 2 aliphatic heterocycles. The fourth-order valence-corrected chi connectivity index (χ4v) is 5.94. The van der Waals surface area contributed by atoms with Crippen LogP contribution in [0.4, 0.5) is 14.5 Å². The molecular weight excluding hydrogens is 454 g/mol. The van der Waals surface area contributed by atoms with Crippen LogP contribution in [0.3, 0.4) is 0 Å². The van der Waals surface area contributed by atoms with Crippen LogP contribution in [-0.4, -0.2) is 29.0 Å². The molecule has 1 atom stereocenters. The highest BCUT2D eigenvalue weighted by molar-refractivity contribution is 8.01. The van der Waals surface area contributed by atoms with E-state index in [1.54, 1.807) is 36.4 Å². The second-order valence-corrected chi connectivity index (χ2v) is 9.33. The summed E-state index contributed by atoms with van der Waals surface area (Å²) >= 11 is 7.61. The van der Waals surface area contributed by atoms with Gasteiger partial charge in [0.05, 0.1) is 12.2 Å². The summed E-state index contributed by atoms with van der Waals surface area (Å²) in [7, 11) is 0. The molecule has 0 bridgehead atoms. The minimum absolute atomic E-state index is 0.0183. The number of benzene rings is 3. The van der Waals surface area contributed by atoms with Crippen molar-refractivity contribution in [2.45, 2.75) is 11.4 Å². The lowest BCUT2D eigenvalue weighted by atomic mass is 10.0. The Labute approximate surface area is 192 Å². The molecule has 1 fully saturated rings. The highest BCUT2D eigenvalue weighted by atomic mass is 35.5. The topological polar surface area (TPSA) is 40.6 Å². The highest BCUT2D eigenvalue weighted by Gasteiger charge is 2.59. The molecule has 32 heavy (non-hydrogen) atoms. The number of anilines is 1. The molecule has 2 amide bonds. The highest BCUT2D eigenvalue weighted by Crippen LogP contribution is 2.55. The number of rotatable bonds is 3. The Kier molecular flexibility index (Phi) is 5.18. The predicted molar refractivity (Wildman–Crippen MR) is 121 cm³/mol. The maximum absolute atomic E-state index is 14.4. The van der Waals surface area contributed by atoms with Crippen molar-refractivity contribution in [3.05, 3.63) is 100 Å². The second-order valence-electron chi connectivity index (χ2n) is 7.60. The molecule has 3 aromatic carbocycles. The number of fused-ring (bicyclic) bond motifs is 2. The van der Waals surface area contributed by atoms with Crippen molar-refractivity contribution in [2.24, 2.45) is 0 Å². The minimum Gasteiger partial charge on any atom is -0.311 e. The first-order chi connectivity index (χ1) is 15.4. The third-order valence-corrected chi connectivity index (χ3v) is 7.41. The van der Waals surface area contributed by atoms with Gasteiger partial charge in [-0.25, -0.2) is 8.78 Å². The third-order valence-electron chi connectivity index (χ3n) is 5.76. The Morgan fingerprint density at radius 2 is 1.88 bits per heavy atom. The quantitative estimate of drug-likeness (QED) is 0.528. The minimum atomic E-state index is -1.34. The van der Waals surface area contributed by atoms with Crippen molar-refractivity contribution in [1.29, 1.82) is 0 Å². The second kappa shape index (κ2) is 7.90. The Morgan fingerprint density at radius 1 is 1.06 bits per heavy atom. The summed E-state index contributed by atoms with van der Waals surface area (Å²) in [5.74, 6) is -1.21. The van der Waals surface area contributed by atoms with E-state index in [1.807, 2.05) is 0 Å². The molecule has 162 valence electrons. The largest absolute Gasteiger partial charge is 0.311 e. The number of hydrogen-bond donors (Lipinski definition) is 0. The average molecular weight is 471 g/mol. The van der Waals surface area contributed by atoms with Gasteiger partial charge in [-0.15, -0.1) is 11.8 Å². The first kappa shape index (κ1) is 21.0. The molecule has 0 N–H and O–H groups in total. The number of nitrogens with zero attached hydrogens (tertiary/aromatic N) is 2. The maximum atomic E-state index is 14.4. The van der Waals surface area contributed by atoms with Crippen molar-refractivity contribution < 1.29 is 18.4 Å². The molecule has 1 spiro atoms. The molecule has 2 aliphatic rings. The molecule has 2 heterocycles. The number of hydrogen-bond acceptors (Lipinski definition) is 3. The van der Waals surface area contributed by atoms with Crippen molar-refractivity contribution >= 4 is 40.9 Å². The number of carbonyl (C=O) groups is 2. The zero-order valence-corrected chi connectivity index (χ0v) is 18.3. The average Bonchev–Trinajstić information content (AvgIpc) is 3.32. The first-order valence-electron chi connectivity index (χ1n) is 9.99. The lowest BCUT2D eigenvalue weighted by Gasteiger charge is -2.33. The lowest BCUT2D eigenvalue weighted by Crippen LogP contribution is -2.50. The molecule has 8 heteroatoms. The van der Waals surface area contributed by atoms with Gasteiger partial charge in [0, 0.05) is 34.0 Å². The Hall–Kier alpha value is -2.90. The van der Waals surface area contributed by atoms with Gasteiger partial charge < -0.3 is 9.80 Å². The van der Waals surface area contributed by atoms with Crippen LogP contribution in [0.5, 0.6) is 0 Å². The number of halogens is 3.